The number of nitrogens with zero attached hydrogens (tertiary/aromatic N) is 4. The molecule has 0 spiro atoms. The first-order valence-electron chi connectivity index (χ1n) is 8.35. The lowest BCUT2D eigenvalue weighted by molar-refractivity contribution is -0.126. The predicted molar refractivity (Wildman–Crippen MR) is 95.8 cm³/mol. The van der Waals surface area contributed by atoms with E-state index >= 15 is 0 Å². The molecule has 132 valence electrons. The van der Waals surface area contributed by atoms with Gasteiger partial charge in [-0.1, -0.05) is 17.8 Å². The van der Waals surface area contributed by atoms with E-state index in [0.717, 1.165) is 30.2 Å². The van der Waals surface area contributed by atoms with E-state index in [9.17, 15) is 9.59 Å². The number of thiophene rings is 1. The zero-order valence-corrected chi connectivity index (χ0v) is 15.5. The summed E-state index contributed by atoms with van der Waals surface area (Å²) in [5.74, 6) is 0.774. The standard InChI is InChI=1S/C16H19N5O2S2/c1-10(14(22)20-7-6-17-15(20)23)25-16-19-18-13(21(16)11-4-5-11)9-12-3-2-8-24-12/h2-3,8,10-11H,4-7,9H2,1H3,(H,17,23). The Morgan fingerprint density at radius 2 is 2.32 bits per heavy atom. The van der Waals surface area contributed by atoms with Crippen LogP contribution in [0.3, 0.4) is 0 Å². The van der Waals surface area contributed by atoms with E-state index < -0.39 is 0 Å². The van der Waals surface area contributed by atoms with Crippen LogP contribution in [0.1, 0.15) is 36.5 Å². The van der Waals surface area contributed by atoms with Crippen LogP contribution >= 0.6 is 23.1 Å². The number of thioether (sulfide) groups is 1. The molecular weight excluding hydrogens is 358 g/mol. The van der Waals surface area contributed by atoms with Crippen LogP contribution in [0.25, 0.3) is 0 Å². The molecule has 0 bridgehead atoms. The molecule has 1 aliphatic heterocycles. The minimum Gasteiger partial charge on any atom is -0.336 e. The quantitative estimate of drug-likeness (QED) is 0.782. The van der Waals surface area contributed by atoms with Crippen molar-refractivity contribution in [3.8, 4) is 0 Å². The number of amides is 3. The van der Waals surface area contributed by atoms with Crippen molar-refractivity contribution in [2.75, 3.05) is 13.1 Å². The number of hydrogen-bond acceptors (Lipinski definition) is 6. The lowest BCUT2D eigenvalue weighted by atomic mass is 10.3. The van der Waals surface area contributed by atoms with Gasteiger partial charge in [-0.15, -0.1) is 21.5 Å². The van der Waals surface area contributed by atoms with Gasteiger partial charge < -0.3 is 9.88 Å². The second-order valence-corrected chi connectivity index (χ2v) is 8.58. The number of imide groups is 1. The molecular formula is C16H19N5O2S2. The molecule has 2 aliphatic rings. The highest BCUT2D eigenvalue weighted by atomic mass is 32.2. The van der Waals surface area contributed by atoms with E-state index in [2.05, 4.69) is 31.5 Å². The Hall–Kier alpha value is -1.87. The molecule has 7 nitrogen and oxygen atoms in total. The van der Waals surface area contributed by atoms with Gasteiger partial charge in [-0.3, -0.25) is 9.69 Å². The number of aromatic nitrogens is 3. The Labute approximate surface area is 153 Å². The molecule has 1 unspecified atom stereocenters. The number of carbonyl (C=O) groups is 2. The number of hydrogen-bond donors (Lipinski definition) is 1. The van der Waals surface area contributed by atoms with Crippen LogP contribution in [0.2, 0.25) is 0 Å². The van der Waals surface area contributed by atoms with E-state index in [1.54, 1.807) is 11.3 Å². The molecule has 1 aliphatic carbocycles. The van der Waals surface area contributed by atoms with E-state index in [4.69, 9.17) is 0 Å². The van der Waals surface area contributed by atoms with Crippen LogP contribution in [0.4, 0.5) is 4.79 Å². The fourth-order valence-corrected chi connectivity index (χ4v) is 4.59. The third-order valence-electron chi connectivity index (χ3n) is 4.31. The van der Waals surface area contributed by atoms with Gasteiger partial charge in [0.1, 0.15) is 5.82 Å². The molecule has 25 heavy (non-hydrogen) atoms. The number of nitrogens with one attached hydrogen (secondary N) is 1. The highest BCUT2D eigenvalue weighted by Gasteiger charge is 2.34. The number of carbonyl (C=O) groups excluding carboxylic acids is 2. The van der Waals surface area contributed by atoms with E-state index in [0.29, 0.717) is 19.1 Å². The minimum atomic E-state index is -0.375. The summed E-state index contributed by atoms with van der Waals surface area (Å²) in [6.07, 6.45) is 3.01. The first kappa shape index (κ1) is 16.6. The van der Waals surface area contributed by atoms with Crippen molar-refractivity contribution in [1.29, 1.82) is 0 Å². The molecule has 1 saturated carbocycles. The van der Waals surface area contributed by atoms with Gasteiger partial charge in [-0.25, -0.2) is 4.79 Å². The van der Waals surface area contributed by atoms with Crippen molar-refractivity contribution >= 4 is 35.0 Å². The number of rotatable bonds is 6. The van der Waals surface area contributed by atoms with Gasteiger partial charge in [0.05, 0.1) is 5.25 Å². The highest BCUT2D eigenvalue weighted by Crippen LogP contribution is 2.40. The summed E-state index contributed by atoms with van der Waals surface area (Å²) in [5.41, 5.74) is 0. The maximum Gasteiger partial charge on any atom is 0.324 e. The topological polar surface area (TPSA) is 80.1 Å². The van der Waals surface area contributed by atoms with Gasteiger partial charge in [-0.05, 0) is 31.2 Å². The zero-order valence-electron chi connectivity index (χ0n) is 13.8. The molecule has 4 rings (SSSR count). The summed E-state index contributed by atoms with van der Waals surface area (Å²) < 4.78 is 2.18. The molecule has 0 radical (unpaired) electrons. The fraction of sp³-hybridized carbons (Fsp3) is 0.500. The normalized spacial score (nSPS) is 18.4. The SMILES string of the molecule is CC(Sc1nnc(Cc2cccs2)n1C1CC1)C(=O)N1CCNC1=O. The Balaban J connectivity index is 1.51. The second-order valence-electron chi connectivity index (χ2n) is 6.24. The lowest BCUT2D eigenvalue weighted by Crippen LogP contribution is -2.39. The lowest BCUT2D eigenvalue weighted by Gasteiger charge is -2.17. The number of urea groups is 1. The van der Waals surface area contributed by atoms with Crippen molar-refractivity contribution in [2.24, 2.45) is 0 Å². The average Bonchev–Trinajstić information content (AvgIpc) is 2.98. The fourth-order valence-electron chi connectivity index (χ4n) is 2.89. The van der Waals surface area contributed by atoms with Crippen molar-refractivity contribution in [1.82, 2.24) is 25.0 Å². The summed E-state index contributed by atoms with van der Waals surface area (Å²) in [5, 5.41) is 13.8. The summed E-state index contributed by atoms with van der Waals surface area (Å²) in [6.45, 7) is 2.77. The molecule has 2 fully saturated rings. The summed E-state index contributed by atoms with van der Waals surface area (Å²) in [6, 6.07) is 4.26. The third-order valence-corrected chi connectivity index (χ3v) is 6.23. The molecule has 9 heteroatoms. The summed E-state index contributed by atoms with van der Waals surface area (Å²) in [7, 11) is 0. The largest absolute Gasteiger partial charge is 0.336 e. The average molecular weight is 377 g/mol. The molecule has 1 atom stereocenters. The Morgan fingerprint density at radius 3 is 2.96 bits per heavy atom. The Morgan fingerprint density at radius 1 is 1.48 bits per heavy atom. The summed E-state index contributed by atoms with van der Waals surface area (Å²) >= 11 is 3.10. The van der Waals surface area contributed by atoms with Crippen molar-refractivity contribution in [3.63, 3.8) is 0 Å². The first-order valence-corrected chi connectivity index (χ1v) is 10.1. The van der Waals surface area contributed by atoms with Crippen molar-refractivity contribution < 1.29 is 9.59 Å². The van der Waals surface area contributed by atoms with Crippen molar-refractivity contribution in [2.45, 2.75) is 42.6 Å². The highest BCUT2D eigenvalue weighted by molar-refractivity contribution is 8.00. The van der Waals surface area contributed by atoms with Crippen LogP contribution in [0, 0.1) is 0 Å². The molecule has 2 aromatic heterocycles. The van der Waals surface area contributed by atoms with Crippen LogP contribution in [0.15, 0.2) is 22.7 Å². The molecule has 3 amide bonds. The van der Waals surface area contributed by atoms with Gasteiger partial charge in [0, 0.05) is 30.4 Å². The Kier molecular flexibility index (Phi) is 4.51. The Bertz CT molecular complexity index is 785. The molecule has 1 N–H and O–H groups in total. The third kappa shape index (κ3) is 3.43. The van der Waals surface area contributed by atoms with E-state index in [-0.39, 0.29) is 17.2 Å². The van der Waals surface area contributed by atoms with E-state index in [1.165, 1.54) is 21.5 Å². The first-order chi connectivity index (χ1) is 12.1. The van der Waals surface area contributed by atoms with Gasteiger partial charge in [0.2, 0.25) is 5.91 Å². The van der Waals surface area contributed by atoms with Crippen LogP contribution in [-0.2, 0) is 11.2 Å². The van der Waals surface area contributed by atoms with Crippen LogP contribution in [0.5, 0.6) is 0 Å². The smallest absolute Gasteiger partial charge is 0.324 e. The van der Waals surface area contributed by atoms with Gasteiger partial charge in [0.25, 0.3) is 0 Å². The molecule has 2 aromatic rings. The predicted octanol–water partition coefficient (Wildman–Crippen LogP) is 2.30. The molecule has 1 saturated heterocycles. The monoisotopic (exact) mass is 377 g/mol. The zero-order chi connectivity index (χ0) is 17.4. The van der Waals surface area contributed by atoms with Crippen LogP contribution in [-0.4, -0.2) is 49.9 Å². The van der Waals surface area contributed by atoms with Gasteiger partial charge in [-0.2, -0.15) is 0 Å². The molecule has 3 heterocycles. The van der Waals surface area contributed by atoms with Crippen molar-refractivity contribution in [3.05, 3.63) is 28.2 Å². The maximum atomic E-state index is 12.5. The van der Waals surface area contributed by atoms with Crippen LogP contribution < -0.4 is 5.32 Å². The summed E-state index contributed by atoms with van der Waals surface area (Å²) in [4.78, 5) is 26.7. The van der Waals surface area contributed by atoms with Gasteiger partial charge in [0.15, 0.2) is 5.16 Å². The molecule has 0 aromatic carbocycles. The minimum absolute atomic E-state index is 0.176. The second kappa shape index (κ2) is 6.80. The van der Waals surface area contributed by atoms with Gasteiger partial charge >= 0.3 is 6.03 Å². The maximum absolute atomic E-state index is 12.5. The van der Waals surface area contributed by atoms with E-state index in [1.807, 2.05) is 13.0 Å².